The van der Waals surface area contributed by atoms with Gasteiger partial charge in [-0.25, -0.2) is 4.99 Å². The number of hydrogen-bond donors (Lipinski definition) is 1. The fraction of sp³-hybridized carbons (Fsp3) is 0.286. The number of nitrogens with zero attached hydrogens (tertiary/aromatic N) is 5. The third-order valence-corrected chi connectivity index (χ3v) is 4.94. The van der Waals surface area contributed by atoms with E-state index in [4.69, 9.17) is 16.6 Å². The average molecular weight is 525 g/mol. The first-order valence-electron chi connectivity index (χ1n) is 9.16. The zero-order valence-electron chi connectivity index (χ0n) is 16.8. The average Bonchev–Trinajstić information content (AvgIpc) is 3.02. The van der Waals surface area contributed by atoms with Crippen LogP contribution in [-0.2, 0) is 26.7 Å². The minimum atomic E-state index is 0. The van der Waals surface area contributed by atoms with E-state index in [9.17, 15) is 0 Å². The SMILES string of the molecule is Cc1nnc(CNC(=NCc2ccccc2)N(C)Cc2ccccc2Cl)n1C.I. The van der Waals surface area contributed by atoms with Crippen molar-refractivity contribution < 1.29 is 0 Å². The Bertz CT molecular complexity index is 941. The van der Waals surface area contributed by atoms with Gasteiger partial charge in [-0.05, 0) is 24.1 Å². The molecule has 0 fully saturated rings. The van der Waals surface area contributed by atoms with Crippen molar-refractivity contribution in [3.63, 3.8) is 0 Å². The maximum atomic E-state index is 6.33. The molecule has 0 radical (unpaired) electrons. The molecule has 0 aliphatic heterocycles. The molecule has 0 bridgehead atoms. The van der Waals surface area contributed by atoms with Crippen LogP contribution in [0.1, 0.15) is 22.8 Å². The molecule has 29 heavy (non-hydrogen) atoms. The van der Waals surface area contributed by atoms with Crippen LogP contribution in [-0.4, -0.2) is 32.7 Å². The van der Waals surface area contributed by atoms with E-state index < -0.39 is 0 Å². The van der Waals surface area contributed by atoms with Gasteiger partial charge in [0.15, 0.2) is 11.8 Å². The summed E-state index contributed by atoms with van der Waals surface area (Å²) in [5, 5.41) is 12.5. The van der Waals surface area contributed by atoms with Gasteiger partial charge in [-0.3, -0.25) is 0 Å². The Hall–Kier alpha value is -2.13. The molecule has 0 unspecified atom stereocenters. The minimum absolute atomic E-state index is 0. The molecule has 1 aromatic heterocycles. The second kappa shape index (κ2) is 11.2. The number of aryl methyl sites for hydroxylation is 1. The molecule has 0 saturated carbocycles. The lowest BCUT2D eigenvalue weighted by molar-refractivity contribution is 0.472. The van der Waals surface area contributed by atoms with Gasteiger partial charge in [0.05, 0.1) is 13.1 Å². The highest BCUT2D eigenvalue weighted by atomic mass is 127. The molecule has 154 valence electrons. The minimum Gasteiger partial charge on any atom is -0.349 e. The van der Waals surface area contributed by atoms with Crippen LogP contribution < -0.4 is 5.32 Å². The third-order valence-electron chi connectivity index (χ3n) is 4.57. The number of hydrogen-bond acceptors (Lipinski definition) is 3. The largest absolute Gasteiger partial charge is 0.349 e. The van der Waals surface area contributed by atoms with Crippen molar-refractivity contribution in [2.45, 2.75) is 26.6 Å². The van der Waals surface area contributed by atoms with Crippen molar-refractivity contribution in [3.8, 4) is 0 Å². The summed E-state index contributed by atoms with van der Waals surface area (Å²) in [5.41, 5.74) is 2.21. The van der Waals surface area contributed by atoms with Crippen molar-refractivity contribution >= 4 is 41.5 Å². The molecular weight excluding hydrogens is 499 g/mol. The highest BCUT2D eigenvalue weighted by Crippen LogP contribution is 2.16. The molecule has 0 aliphatic carbocycles. The van der Waals surface area contributed by atoms with E-state index in [0.29, 0.717) is 19.6 Å². The number of rotatable bonds is 6. The summed E-state index contributed by atoms with van der Waals surface area (Å²) in [5.74, 6) is 2.52. The van der Waals surface area contributed by atoms with Crippen LogP contribution in [0.2, 0.25) is 5.02 Å². The lowest BCUT2D eigenvalue weighted by Crippen LogP contribution is -2.38. The molecule has 1 heterocycles. The molecule has 8 heteroatoms. The van der Waals surface area contributed by atoms with E-state index in [1.807, 2.05) is 68.1 Å². The summed E-state index contributed by atoms with van der Waals surface area (Å²) in [6.07, 6.45) is 0. The zero-order valence-corrected chi connectivity index (χ0v) is 19.9. The van der Waals surface area contributed by atoms with Gasteiger partial charge in [-0.15, -0.1) is 34.2 Å². The Morgan fingerprint density at radius 2 is 1.79 bits per heavy atom. The van der Waals surface area contributed by atoms with E-state index in [1.165, 1.54) is 0 Å². The van der Waals surface area contributed by atoms with E-state index in [2.05, 4.69) is 32.5 Å². The molecule has 0 saturated heterocycles. The summed E-state index contributed by atoms with van der Waals surface area (Å²) in [6, 6.07) is 18.0. The second-order valence-corrected chi connectivity index (χ2v) is 7.06. The topological polar surface area (TPSA) is 58.3 Å². The Balaban J connectivity index is 0.00000300. The third kappa shape index (κ3) is 6.43. The Kier molecular flexibility index (Phi) is 8.91. The Morgan fingerprint density at radius 1 is 1.10 bits per heavy atom. The quantitative estimate of drug-likeness (QED) is 0.299. The lowest BCUT2D eigenvalue weighted by Gasteiger charge is -2.23. The maximum absolute atomic E-state index is 6.33. The molecule has 0 spiro atoms. The van der Waals surface area contributed by atoms with Crippen LogP contribution in [0.4, 0.5) is 0 Å². The normalized spacial score (nSPS) is 11.1. The van der Waals surface area contributed by atoms with Crippen molar-refractivity contribution in [1.29, 1.82) is 0 Å². The number of aliphatic imine (C=N–C) groups is 1. The smallest absolute Gasteiger partial charge is 0.194 e. The summed E-state index contributed by atoms with van der Waals surface area (Å²) >= 11 is 6.33. The van der Waals surface area contributed by atoms with E-state index in [0.717, 1.165) is 33.8 Å². The van der Waals surface area contributed by atoms with Gasteiger partial charge in [0.25, 0.3) is 0 Å². The first kappa shape index (κ1) is 23.2. The van der Waals surface area contributed by atoms with Crippen LogP contribution in [0, 0.1) is 6.92 Å². The molecular formula is C21H26ClIN6. The van der Waals surface area contributed by atoms with Gasteiger partial charge in [0.1, 0.15) is 5.82 Å². The van der Waals surface area contributed by atoms with Gasteiger partial charge in [-0.2, -0.15) is 0 Å². The number of benzene rings is 2. The summed E-state index contributed by atoms with van der Waals surface area (Å²) in [6.45, 7) is 3.72. The first-order chi connectivity index (χ1) is 13.5. The lowest BCUT2D eigenvalue weighted by atomic mass is 10.2. The maximum Gasteiger partial charge on any atom is 0.194 e. The van der Waals surface area contributed by atoms with Gasteiger partial charge in [0, 0.05) is 25.7 Å². The van der Waals surface area contributed by atoms with Crippen molar-refractivity contribution in [3.05, 3.63) is 82.4 Å². The number of halogens is 2. The predicted octanol–water partition coefficient (Wildman–Crippen LogP) is 4.17. The molecule has 1 N–H and O–H groups in total. The fourth-order valence-electron chi connectivity index (χ4n) is 2.78. The van der Waals surface area contributed by atoms with Crippen molar-refractivity contribution in [1.82, 2.24) is 25.0 Å². The molecule has 0 aliphatic rings. The van der Waals surface area contributed by atoms with Gasteiger partial charge < -0.3 is 14.8 Å². The second-order valence-electron chi connectivity index (χ2n) is 6.65. The monoisotopic (exact) mass is 524 g/mol. The zero-order chi connectivity index (χ0) is 19.9. The Morgan fingerprint density at radius 3 is 2.45 bits per heavy atom. The number of nitrogens with one attached hydrogen (secondary N) is 1. The van der Waals surface area contributed by atoms with E-state index in [-0.39, 0.29) is 24.0 Å². The molecule has 0 amide bonds. The first-order valence-corrected chi connectivity index (χ1v) is 9.54. The molecule has 2 aromatic carbocycles. The molecule has 6 nitrogen and oxygen atoms in total. The summed E-state index contributed by atoms with van der Waals surface area (Å²) < 4.78 is 1.97. The van der Waals surface area contributed by atoms with Crippen LogP contribution in [0.5, 0.6) is 0 Å². The van der Waals surface area contributed by atoms with Gasteiger partial charge in [0.2, 0.25) is 0 Å². The van der Waals surface area contributed by atoms with Gasteiger partial charge in [-0.1, -0.05) is 60.1 Å². The van der Waals surface area contributed by atoms with Crippen LogP contribution in [0.25, 0.3) is 0 Å². The molecule has 3 rings (SSSR count). The summed E-state index contributed by atoms with van der Waals surface area (Å²) in [7, 11) is 3.96. The molecule has 0 atom stereocenters. The van der Waals surface area contributed by atoms with Crippen LogP contribution >= 0.6 is 35.6 Å². The van der Waals surface area contributed by atoms with Crippen molar-refractivity contribution in [2.24, 2.45) is 12.0 Å². The van der Waals surface area contributed by atoms with Crippen molar-refractivity contribution in [2.75, 3.05) is 7.05 Å². The van der Waals surface area contributed by atoms with Crippen LogP contribution in [0.3, 0.4) is 0 Å². The predicted molar refractivity (Wildman–Crippen MR) is 128 cm³/mol. The van der Waals surface area contributed by atoms with Gasteiger partial charge >= 0.3 is 0 Å². The van der Waals surface area contributed by atoms with E-state index >= 15 is 0 Å². The number of aromatic nitrogens is 3. The highest BCUT2D eigenvalue weighted by Gasteiger charge is 2.11. The fourth-order valence-corrected chi connectivity index (χ4v) is 2.98. The van der Waals surface area contributed by atoms with Crippen LogP contribution in [0.15, 0.2) is 59.6 Å². The number of guanidine groups is 1. The Labute approximate surface area is 194 Å². The molecule has 3 aromatic rings. The highest BCUT2D eigenvalue weighted by molar-refractivity contribution is 14.0. The van der Waals surface area contributed by atoms with E-state index in [1.54, 1.807) is 0 Å². The summed E-state index contributed by atoms with van der Waals surface area (Å²) in [4.78, 5) is 6.87. The standard InChI is InChI=1S/C21H25ClN6.HI/c1-16-25-26-20(28(16)3)14-24-21(23-13-17-9-5-4-6-10-17)27(2)15-18-11-7-8-12-19(18)22;/h4-12H,13-15H2,1-3H3,(H,23,24);1H.